The molecule has 148 valence electrons. The molecule has 0 amide bonds. The Morgan fingerprint density at radius 2 is 1.59 bits per heavy atom. The Morgan fingerprint density at radius 3 is 2.21 bits per heavy atom. The zero-order chi connectivity index (χ0) is 20.8. The van der Waals surface area contributed by atoms with Gasteiger partial charge in [0, 0.05) is 5.02 Å². The molecule has 0 aliphatic rings. The number of hydrogen-bond acceptors (Lipinski definition) is 3. The normalized spacial score (nSPS) is 11.9. The van der Waals surface area contributed by atoms with E-state index in [1.807, 2.05) is 23.6 Å². The van der Waals surface area contributed by atoms with Gasteiger partial charge >= 0.3 is 5.69 Å². The molecule has 4 rings (SSSR count). The fourth-order valence-corrected chi connectivity index (χ4v) is 4.30. The summed E-state index contributed by atoms with van der Waals surface area (Å²) in [6, 6.07) is 16.8. The number of thiophene rings is 1. The summed E-state index contributed by atoms with van der Waals surface area (Å²) in [4.78, 5) is 26.3. The molecule has 0 radical (unpaired) electrons. The van der Waals surface area contributed by atoms with Gasteiger partial charge in [-0.2, -0.15) is 0 Å². The molecule has 4 aromatic rings. The Hall–Kier alpha value is -2.63. The van der Waals surface area contributed by atoms with E-state index in [1.165, 1.54) is 21.5 Å². The van der Waals surface area contributed by atoms with Crippen LogP contribution < -0.4 is 11.2 Å². The van der Waals surface area contributed by atoms with E-state index in [1.54, 1.807) is 28.8 Å². The molecule has 0 saturated carbocycles. The summed E-state index contributed by atoms with van der Waals surface area (Å²) in [6.45, 7) is 6.90. The molecule has 0 unspecified atom stereocenters. The van der Waals surface area contributed by atoms with Crippen molar-refractivity contribution >= 4 is 33.2 Å². The Labute approximate surface area is 177 Å². The lowest BCUT2D eigenvalue weighted by atomic mass is 9.87. The third-order valence-corrected chi connectivity index (χ3v) is 6.14. The van der Waals surface area contributed by atoms with Crippen LogP contribution in [0.25, 0.3) is 15.9 Å². The van der Waals surface area contributed by atoms with Gasteiger partial charge in [0.05, 0.1) is 17.7 Å². The van der Waals surface area contributed by atoms with Crippen LogP contribution in [0.1, 0.15) is 31.9 Å². The standard InChI is InChI=1S/C23H21ClN2O2S/c1-23(2,3)16-6-4-15(5-7-16)14-25-19-12-13-29-20(19)21(27)26(22(25)28)18-10-8-17(24)9-11-18/h4-13H,14H2,1-3H3. The highest BCUT2D eigenvalue weighted by molar-refractivity contribution is 7.17. The first-order valence-electron chi connectivity index (χ1n) is 9.34. The van der Waals surface area contributed by atoms with E-state index in [2.05, 4.69) is 32.9 Å². The van der Waals surface area contributed by atoms with Crippen LogP contribution >= 0.6 is 22.9 Å². The van der Waals surface area contributed by atoms with Gasteiger partial charge in [-0.05, 0) is 52.3 Å². The van der Waals surface area contributed by atoms with Gasteiger partial charge in [0.1, 0.15) is 4.70 Å². The summed E-state index contributed by atoms with van der Waals surface area (Å²) in [5.74, 6) is 0. The maximum Gasteiger partial charge on any atom is 0.336 e. The van der Waals surface area contributed by atoms with Crippen LogP contribution in [0.5, 0.6) is 0 Å². The summed E-state index contributed by atoms with van der Waals surface area (Å²) >= 11 is 7.32. The molecule has 0 aliphatic heterocycles. The Morgan fingerprint density at radius 1 is 0.931 bits per heavy atom. The molecular weight excluding hydrogens is 404 g/mol. The second-order valence-electron chi connectivity index (χ2n) is 8.07. The number of halogens is 1. The van der Waals surface area contributed by atoms with Crippen molar-refractivity contribution in [3.05, 3.63) is 97.0 Å². The van der Waals surface area contributed by atoms with E-state index in [4.69, 9.17) is 11.6 Å². The third kappa shape index (κ3) is 3.68. The zero-order valence-electron chi connectivity index (χ0n) is 16.5. The summed E-state index contributed by atoms with van der Waals surface area (Å²) < 4.78 is 3.44. The van der Waals surface area contributed by atoms with E-state index >= 15 is 0 Å². The van der Waals surface area contributed by atoms with Crippen molar-refractivity contribution in [1.82, 2.24) is 9.13 Å². The molecule has 6 heteroatoms. The van der Waals surface area contributed by atoms with Crippen LogP contribution in [0, 0.1) is 0 Å². The van der Waals surface area contributed by atoms with Gasteiger partial charge in [-0.15, -0.1) is 11.3 Å². The molecule has 0 saturated heterocycles. The van der Waals surface area contributed by atoms with Gasteiger partial charge < -0.3 is 0 Å². The number of hydrogen-bond donors (Lipinski definition) is 0. The van der Waals surface area contributed by atoms with Gasteiger partial charge in [-0.1, -0.05) is 56.6 Å². The third-order valence-electron chi connectivity index (χ3n) is 5.00. The van der Waals surface area contributed by atoms with Crippen LogP contribution in [-0.4, -0.2) is 9.13 Å². The predicted octanol–water partition coefficient (Wildman–Crippen LogP) is 5.21. The van der Waals surface area contributed by atoms with E-state index in [0.29, 0.717) is 27.5 Å². The minimum atomic E-state index is -0.358. The Kier molecular flexibility index (Phi) is 4.97. The second kappa shape index (κ2) is 7.32. The monoisotopic (exact) mass is 424 g/mol. The van der Waals surface area contributed by atoms with E-state index in [0.717, 1.165) is 5.56 Å². The SMILES string of the molecule is CC(C)(C)c1ccc(Cn2c(=O)n(-c3ccc(Cl)cc3)c(=O)c3sccc32)cc1. The summed E-state index contributed by atoms with van der Waals surface area (Å²) in [7, 11) is 0. The van der Waals surface area contributed by atoms with Gasteiger partial charge in [-0.25, -0.2) is 9.36 Å². The zero-order valence-corrected chi connectivity index (χ0v) is 18.1. The summed E-state index contributed by atoms with van der Waals surface area (Å²) in [5, 5.41) is 2.40. The van der Waals surface area contributed by atoms with E-state index in [9.17, 15) is 9.59 Å². The Bertz CT molecular complexity index is 1290. The maximum absolute atomic E-state index is 13.3. The average molecular weight is 425 g/mol. The summed E-state index contributed by atoms with van der Waals surface area (Å²) in [6.07, 6.45) is 0. The van der Waals surface area contributed by atoms with Crippen molar-refractivity contribution in [3.63, 3.8) is 0 Å². The molecule has 2 aromatic heterocycles. The van der Waals surface area contributed by atoms with Gasteiger partial charge in [0.25, 0.3) is 5.56 Å². The maximum atomic E-state index is 13.3. The fourth-order valence-electron chi connectivity index (χ4n) is 3.35. The van der Waals surface area contributed by atoms with Crippen molar-refractivity contribution in [1.29, 1.82) is 0 Å². The first-order valence-corrected chi connectivity index (χ1v) is 10.6. The van der Waals surface area contributed by atoms with Crippen LogP contribution in [-0.2, 0) is 12.0 Å². The van der Waals surface area contributed by atoms with E-state index < -0.39 is 0 Å². The molecule has 0 aliphatic carbocycles. The smallest absolute Gasteiger partial charge is 0.288 e. The van der Waals surface area contributed by atoms with Crippen LogP contribution in [0.4, 0.5) is 0 Å². The largest absolute Gasteiger partial charge is 0.336 e. The van der Waals surface area contributed by atoms with Gasteiger partial charge in [0.2, 0.25) is 0 Å². The van der Waals surface area contributed by atoms with Crippen molar-refractivity contribution in [3.8, 4) is 5.69 Å². The molecule has 0 spiro atoms. The number of fused-ring (bicyclic) bond motifs is 1. The van der Waals surface area contributed by atoms with Crippen LogP contribution in [0.3, 0.4) is 0 Å². The average Bonchev–Trinajstić information content (AvgIpc) is 3.16. The van der Waals surface area contributed by atoms with Crippen molar-refractivity contribution in [2.24, 2.45) is 0 Å². The highest BCUT2D eigenvalue weighted by atomic mass is 35.5. The van der Waals surface area contributed by atoms with Crippen LogP contribution in [0.2, 0.25) is 5.02 Å². The van der Waals surface area contributed by atoms with Crippen molar-refractivity contribution in [2.75, 3.05) is 0 Å². The van der Waals surface area contributed by atoms with Crippen molar-refractivity contribution in [2.45, 2.75) is 32.7 Å². The quantitative estimate of drug-likeness (QED) is 0.453. The van der Waals surface area contributed by atoms with Gasteiger partial charge in [0.15, 0.2) is 0 Å². The number of nitrogens with zero attached hydrogens (tertiary/aromatic N) is 2. The molecule has 0 fully saturated rings. The highest BCUT2D eigenvalue weighted by Crippen LogP contribution is 2.23. The first kappa shape index (κ1) is 19.7. The lowest BCUT2D eigenvalue weighted by Gasteiger charge is -2.19. The van der Waals surface area contributed by atoms with E-state index in [-0.39, 0.29) is 16.7 Å². The molecule has 2 aromatic carbocycles. The second-order valence-corrected chi connectivity index (χ2v) is 9.42. The van der Waals surface area contributed by atoms with Crippen molar-refractivity contribution < 1.29 is 0 Å². The minimum absolute atomic E-state index is 0.0673. The minimum Gasteiger partial charge on any atom is -0.288 e. The molecule has 29 heavy (non-hydrogen) atoms. The van der Waals surface area contributed by atoms with Gasteiger partial charge in [-0.3, -0.25) is 9.36 Å². The molecule has 0 N–H and O–H groups in total. The highest BCUT2D eigenvalue weighted by Gasteiger charge is 2.17. The first-order chi connectivity index (χ1) is 13.8. The molecule has 0 bridgehead atoms. The molecule has 0 atom stereocenters. The fraction of sp³-hybridized carbons (Fsp3) is 0.217. The predicted molar refractivity (Wildman–Crippen MR) is 121 cm³/mol. The lowest BCUT2D eigenvalue weighted by Crippen LogP contribution is -2.38. The molecule has 2 heterocycles. The molecular formula is C23H21ClN2O2S. The number of rotatable bonds is 3. The lowest BCUT2D eigenvalue weighted by molar-refractivity contribution is 0.589. The number of aromatic nitrogens is 2. The molecule has 4 nitrogen and oxygen atoms in total. The summed E-state index contributed by atoms with van der Waals surface area (Å²) in [5.41, 5.74) is 2.82. The topological polar surface area (TPSA) is 44.0 Å². The number of benzene rings is 2. The Balaban J connectivity index is 1.86. The van der Waals surface area contributed by atoms with Crippen LogP contribution in [0.15, 0.2) is 69.6 Å².